The number of aromatic nitrogens is 1. The molecule has 2 aromatic heterocycles. The third kappa shape index (κ3) is 5.78. The summed E-state index contributed by atoms with van der Waals surface area (Å²) in [6.07, 6.45) is 2.88. The second-order valence-corrected chi connectivity index (χ2v) is 9.85. The second-order valence-electron chi connectivity index (χ2n) is 7.24. The summed E-state index contributed by atoms with van der Waals surface area (Å²) in [5, 5.41) is 13.2. The van der Waals surface area contributed by atoms with Crippen LogP contribution in [-0.2, 0) is 9.59 Å². The highest BCUT2D eigenvalue weighted by atomic mass is 32.2. The molecule has 0 saturated carbocycles. The molecule has 0 atom stereocenters. The average Bonchev–Trinajstić information content (AvgIpc) is 3.39. The zero-order chi connectivity index (χ0) is 25.1. The maximum atomic E-state index is 13.5. The standard InChI is InChI=1S/C23H15F2N3O4S3/c24-16-3-1-12(8-17(16)25)13-7-15(34-11-13)9-19-21(30)28(23(33)35-19)6-5-20(29)27-14-2-4-18(22(31)32)26-10-14/h1-4,7-11H,5-6H2,(H,27,29)(H,31,32). The number of carboxylic acid groups (broad SMARTS) is 1. The predicted molar refractivity (Wildman–Crippen MR) is 134 cm³/mol. The fourth-order valence-corrected chi connectivity index (χ4v) is 5.33. The van der Waals surface area contributed by atoms with Gasteiger partial charge in [0.05, 0.1) is 16.8 Å². The Hall–Kier alpha value is -3.48. The zero-order valence-electron chi connectivity index (χ0n) is 17.7. The number of thiocarbonyl (C=S) groups is 1. The number of anilines is 1. The number of benzene rings is 1. The van der Waals surface area contributed by atoms with Gasteiger partial charge in [-0.15, -0.1) is 11.3 Å². The molecule has 2 amide bonds. The summed E-state index contributed by atoms with van der Waals surface area (Å²) in [5.74, 6) is -3.75. The third-order valence-electron chi connectivity index (χ3n) is 4.85. The maximum absolute atomic E-state index is 13.5. The van der Waals surface area contributed by atoms with Gasteiger partial charge in [-0.25, -0.2) is 18.6 Å². The van der Waals surface area contributed by atoms with Crippen molar-refractivity contribution >= 4 is 69.2 Å². The number of nitrogens with zero attached hydrogens (tertiary/aromatic N) is 2. The van der Waals surface area contributed by atoms with Crippen molar-refractivity contribution < 1.29 is 28.3 Å². The molecule has 1 aliphatic heterocycles. The predicted octanol–water partition coefficient (Wildman–Crippen LogP) is 5.02. The van der Waals surface area contributed by atoms with Crippen LogP contribution in [0.5, 0.6) is 0 Å². The van der Waals surface area contributed by atoms with E-state index in [1.807, 2.05) is 0 Å². The van der Waals surface area contributed by atoms with E-state index in [1.54, 1.807) is 17.5 Å². The Morgan fingerprint density at radius 2 is 1.94 bits per heavy atom. The fourth-order valence-electron chi connectivity index (χ4n) is 3.11. The Bertz CT molecular complexity index is 1370. The van der Waals surface area contributed by atoms with Gasteiger partial charge in [-0.2, -0.15) is 0 Å². The summed E-state index contributed by atoms with van der Waals surface area (Å²) < 4.78 is 27.0. The van der Waals surface area contributed by atoms with Gasteiger partial charge in [0.1, 0.15) is 10.0 Å². The molecule has 0 radical (unpaired) electrons. The molecule has 1 saturated heterocycles. The number of thioether (sulfide) groups is 1. The van der Waals surface area contributed by atoms with Gasteiger partial charge in [0.15, 0.2) is 11.6 Å². The van der Waals surface area contributed by atoms with Gasteiger partial charge in [0.2, 0.25) is 5.91 Å². The topological polar surface area (TPSA) is 99.6 Å². The number of hydrogen-bond donors (Lipinski definition) is 2. The lowest BCUT2D eigenvalue weighted by Gasteiger charge is -2.14. The zero-order valence-corrected chi connectivity index (χ0v) is 20.1. The average molecular weight is 532 g/mol. The highest BCUT2D eigenvalue weighted by Gasteiger charge is 2.32. The van der Waals surface area contributed by atoms with E-state index in [0.717, 1.165) is 28.8 Å². The fraction of sp³-hybridized carbons (Fsp3) is 0.0870. The van der Waals surface area contributed by atoms with Gasteiger partial charge in [-0.05, 0) is 52.9 Å². The van der Waals surface area contributed by atoms with Gasteiger partial charge in [-0.3, -0.25) is 14.5 Å². The Morgan fingerprint density at radius 3 is 2.63 bits per heavy atom. The number of amides is 2. The molecular formula is C23H15F2N3O4S3. The first-order chi connectivity index (χ1) is 16.7. The summed E-state index contributed by atoms with van der Waals surface area (Å²) in [6, 6.07) is 8.11. The number of thiophene rings is 1. The van der Waals surface area contributed by atoms with Crippen LogP contribution in [0.1, 0.15) is 21.8 Å². The smallest absolute Gasteiger partial charge is 0.354 e. The van der Waals surface area contributed by atoms with Crippen LogP contribution < -0.4 is 5.32 Å². The first-order valence-electron chi connectivity index (χ1n) is 10.00. The third-order valence-corrected chi connectivity index (χ3v) is 7.11. The van der Waals surface area contributed by atoms with Crippen molar-refractivity contribution in [1.82, 2.24) is 9.88 Å². The van der Waals surface area contributed by atoms with Gasteiger partial charge in [0.25, 0.3) is 5.91 Å². The second kappa shape index (κ2) is 10.4. The van der Waals surface area contributed by atoms with Crippen LogP contribution >= 0.6 is 35.3 Å². The SMILES string of the molecule is O=C(CCN1C(=O)C(=Cc2cc(-c3ccc(F)c(F)c3)cs2)SC1=S)Nc1ccc(C(=O)O)nc1. The van der Waals surface area contributed by atoms with Crippen LogP contribution in [0.25, 0.3) is 17.2 Å². The lowest BCUT2D eigenvalue weighted by molar-refractivity contribution is -0.122. The molecule has 1 aliphatic rings. The largest absolute Gasteiger partial charge is 0.477 e. The van der Waals surface area contributed by atoms with E-state index in [0.29, 0.717) is 26.0 Å². The number of carbonyl (C=O) groups is 3. The molecule has 0 spiro atoms. The molecule has 0 unspecified atom stereocenters. The number of pyridine rings is 1. The molecule has 0 aliphatic carbocycles. The van der Waals surface area contributed by atoms with E-state index in [2.05, 4.69) is 10.3 Å². The summed E-state index contributed by atoms with van der Waals surface area (Å²) >= 11 is 7.75. The summed E-state index contributed by atoms with van der Waals surface area (Å²) in [4.78, 5) is 42.1. The Labute approximate surface area is 211 Å². The normalized spacial score (nSPS) is 14.6. The van der Waals surface area contributed by atoms with Gasteiger partial charge in [-0.1, -0.05) is 30.0 Å². The number of nitrogens with one attached hydrogen (secondary N) is 1. The minimum atomic E-state index is -1.17. The van der Waals surface area contributed by atoms with E-state index >= 15 is 0 Å². The van der Waals surface area contributed by atoms with Crippen molar-refractivity contribution in [2.45, 2.75) is 6.42 Å². The van der Waals surface area contributed by atoms with Crippen LogP contribution in [0.15, 0.2) is 52.9 Å². The van der Waals surface area contributed by atoms with E-state index in [9.17, 15) is 23.2 Å². The van der Waals surface area contributed by atoms with Crippen LogP contribution in [0, 0.1) is 11.6 Å². The van der Waals surface area contributed by atoms with Crippen molar-refractivity contribution in [3.8, 4) is 11.1 Å². The number of carbonyl (C=O) groups excluding carboxylic acids is 2. The molecule has 2 N–H and O–H groups in total. The van der Waals surface area contributed by atoms with E-state index in [-0.39, 0.29) is 30.5 Å². The van der Waals surface area contributed by atoms with Crippen LogP contribution in [0.2, 0.25) is 0 Å². The molecule has 12 heteroatoms. The molecule has 1 aromatic carbocycles. The number of rotatable bonds is 7. The lowest BCUT2D eigenvalue weighted by atomic mass is 10.1. The van der Waals surface area contributed by atoms with Crippen molar-refractivity contribution in [3.63, 3.8) is 0 Å². The van der Waals surface area contributed by atoms with Crippen molar-refractivity contribution in [2.75, 3.05) is 11.9 Å². The van der Waals surface area contributed by atoms with E-state index < -0.39 is 17.6 Å². The maximum Gasteiger partial charge on any atom is 0.354 e. The quantitative estimate of drug-likeness (QED) is 0.326. The monoisotopic (exact) mass is 531 g/mol. The molecule has 35 heavy (non-hydrogen) atoms. The number of aromatic carboxylic acids is 1. The van der Waals surface area contributed by atoms with Crippen molar-refractivity contribution in [2.24, 2.45) is 0 Å². The number of hydrogen-bond acceptors (Lipinski definition) is 7. The molecule has 178 valence electrons. The number of carboxylic acids is 1. The van der Waals surface area contributed by atoms with Gasteiger partial charge < -0.3 is 10.4 Å². The Balaban J connectivity index is 1.37. The summed E-state index contributed by atoms with van der Waals surface area (Å²) in [5.41, 5.74) is 1.40. The van der Waals surface area contributed by atoms with Gasteiger partial charge >= 0.3 is 5.97 Å². The highest BCUT2D eigenvalue weighted by molar-refractivity contribution is 8.26. The molecule has 4 rings (SSSR count). The van der Waals surface area contributed by atoms with E-state index in [1.165, 1.54) is 40.6 Å². The minimum Gasteiger partial charge on any atom is -0.477 e. The lowest BCUT2D eigenvalue weighted by Crippen LogP contribution is -2.31. The minimum absolute atomic E-state index is 0.0281. The van der Waals surface area contributed by atoms with Crippen LogP contribution in [-0.4, -0.2) is 43.6 Å². The highest BCUT2D eigenvalue weighted by Crippen LogP contribution is 2.35. The summed E-state index contributed by atoms with van der Waals surface area (Å²) in [7, 11) is 0. The van der Waals surface area contributed by atoms with Crippen molar-refractivity contribution in [1.29, 1.82) is 0 Å². The van der Waals surface area contributed by atoms with Crippen molar-refractivity contribution in [3.05, 3.63) is 75.1 Å². The first kappa shape index (κ1) is 24.6. The molecule has 3 aromatic rings. The van der Waals surface area contributed by atoms with Crippen LogP contribution in [0.4, 0.5) is 14.5 Å². The molecule has 0 bridgehead atoms. The molecule has 7 nitrogen and oxygen atoms in total. The Kier molecular flexibility index (Phi) is 7.34. The molecular weight excluding hydrogens is 516 g/mol. The molecule has 1 fully saturated rings. The Morgan fingerprint density at radius 1 is 1.14 bits per heavy atom. The van der Waals surface area contributed by atoms with E-state index in [4.69, 9.17) is 17.3 Å². The first-order valence-corrected chi connectivity index (χ1v) is 12.1. The molecule has 3 heterocycles. The summed E-state index contributed by atoms with van der Waals surface area (Å²) in [6.45, 7) is 0.0685. The van der Waals surface area contributed by atoms with Gasteiger partial charge in [0, 0.05) is 17.8 Å². The van der Waals surface area contributed by atoms with Crippen LogP contribution in [0.3, 0.4) is 0 Å². The number of halogens is 2.